The molecule has 1 aromatic rings. The average molecular weight is 256 g/mol. The van der Waals surface area contributed by atoms with Crippen molar-refractivity contribution < 1.29 is 0 Å². The molecule has 0 N–H and O–H groups in total. The van der Waals surface area contributed by atoms with E-state index in [4.69, 9.17) is 0 Å². The van der Waals surface area contributed by atoms with Gasteiger partial charge in [0.1, 0.15) is 0 Å². The van der Waals surface area contributed by atoms with E-state index in [0.29, 0.717) is 11.8 Å². The number of thiol groups is 1. The van der Waals surface area contributed by atoms with Crippen molar-refractivity contribution in [1.82, 2.24) is 9.97 Å². The van der Waals surface area contributed by atoms with Gasteiger partial charge in [-0.05, 0) is 37.5 Å². The van der Waals surface area contributed by atoms with Crippen molar-refractivity contribution in [1.29, 1.82) is 0 Å². The summed E-state index contributed by atoms with van der Waals surface area (Å²) in [7, 11) is 0. The third-order valence-corrected chi connectivity index (χ3v) is 4.07. The van der Waals surface area contributed by atoms with E-state index in [1.165, 1.54) is 0 Å². The maximum Gasteiger partial charge on any atom is 0.187 e. The van der Waals surface area contributed by atoms with E-state index < -0.39 is 0 Å². The van der Waals surface area contributed by atoms with Crippen molar-refractivity contribution in [2.75, 3.05) is 11.5 Å². The molecule has 0 aliphatic carbocycles. The van der Waals surface area contributed by atoms with Crippen LogP contribution in [-0.2, 0) is 0 Å². The third kappa shape index (κ3) is 4.34. The van der Waals surface area contributed by atoms with Gasteiger partial charge in [0.25, 0.3) is 0 Å². The third-order valence-electron chi connectivity index (χ3n) is 2.57. The maximum atomic E-state index is 4.43. The number of nitrogens with zero attached hydrogens (tertiary/aromatic N) is 2. The molecule has 1 aromatic heterocycles. The maximum absolute atomic E-state index is 4.43. The Morgan fingerprint density at radius 3 is 2.25 bits per heavy atom. The predicted octanol–water partition coefficient (Wildman–Crippen LogP) is 3.39. The molecule has 0 spiro atoms. The van der Waals surface area contributed by atoms with Crippen molar-refractivity contribution in [3.05, 3.63) is 17.5 Å². The van der Waals surface area contributed by atoms with Crippen molar-refractivity contribution in [3.63, 3.8) is 0 Å². The van der Waals surface area contributed by atoms with Crippen LogP contribution in [0.25, 0.3) is 0 Å². The Kier molecular flexibility index (Phi) is 5.62. The number of aromatic nitrogens is 2. The SMILES string of the molecule is Cc1cc(C)nc(SCC(CS)C(C)C)n1. The molecular weight excluding hydrogens is 236 g/mol. The molecular formula is C12H20N2S2. The molecule has 0 radical (unpaired) electrons. The first-order chi connectivity index (χ1) is 7.52. The zero-order valence-electron chi connectivity index (χ0n) is 10.4. The average Bonchev–Trinajstić information content (AvgIpc) is 2.16. The van der Waals surface area contributed by atoms with Crippen LogP contribution in [-0.4, -0.2) is 21.5 Å². The first-order valence-corrected chi connectivity index (χ1v) is 7.20. The lowest BCUT2D eigenvalue weighted by atomic mass is 10.0. The van der Waals surface area contributed by atoms with E-state index in [-0.39, 0.29) is 0 Å². The summed E-state index contributed by atoms with van der Waals surface area (Å²) in [5.74, 6) is 3.26. The summed E-state index contributed by atoms with van der Waals surface area (Å²) < 4.78 is 0. The van der Waals surface area contributed by atoms with Crippen LogP contribution in [0.3, 0.4) is 0 Å². The molecule has 0 aliphatic rings. The summed E-state index contributed by atoms with van der Waals surface area (Å²) in [6, 6.07) is 2.00. The van der Waals surface area contributed by atoms with Crippen LogP contribution < -0.4 is 0 Å². The normalized spacial score (nSPS) is 13.1. The Bertz CT molecular complexity index is 320. The summed E-state index contributed by atoms with van der Waals surface area (Å²) >= 11 is 6.13. The first kappa shape index (κ1) is 13.8. The first-order valence-electron chi connectivity index (χ1n) is 5.59. The largest absolute Gasteiger partial charge is 0.228 e. The minimum atomic E-state index is 0.623. The van der Waals surface area contributed by atoms with E-state index in [2.05, 4.69) is 36.4 Å². The van der Waals surface area contributed by atoms with Crippen LogP contribution in [0.4, 0.5) is 0 Å². The van der Waals surface area contributed by atoms with E-state index in [1.807, 2.05) is 19.9 Å². The van der Waals surface area contributed by atoms with Crippen LogP contribution in [0, 0.1) is 25.7 Å². The second-order valence-corrected chi connectivity index (χ2v) is 5.78. The van der Waals surface area contributed by atoms with Gasteiger partial charge in [0, 0.05) is 17.1 Å². The van der Waals surface area contributed by atoms with Gasteiger partial charge in [0.05, 0.1) is 0 Å². The molecule has 0 saturated carbocycles. The second kappa shape index (κ2) is 6.50. The van der Waals surface area contributed by atoms with Crippen molar-refractivity contribution in [2.45, 2.75) is 32.9 Å². The molecule has 0 amide bonds. The molecule has 0 aliphatic heterocycles. The molecule has 1 atom stereocenters. The molecule has 1 rings (SSSR count). The number of thioether (sulfide) groups is 1. The fourth-order valence-electron chi connectivity index (χ4n) is 1.40. The van der Waals surface area contributed by atoms with Crippen molar-refractivity contribution in [2.24, 2.45) is 11.8 Å². The van der Waals surface area contributed by atoms with E-state index in [9.17, 15) is 0 Å². The lowest BCUT2D eigenvalue weighted by molar-refractivity contribution is 0.473. The summed E-state index contributed by atoms with van der Waals surface area (Å²) in [4.78, 5) is 8.85. The molecule has 90 valence electrons. The van der Waals surface area contributed by atoms with Gasteiger partial charge in [-0.2, -0.15) is 12.6 Å². The van der Waals surface area contributed by atoms with Crippen LogP contribution in [0.15, 0.2) is 11.2 Å². The molecule has 0 bridgehead atoms. The molecule has 1 heterocycles. The van der Waals surface area contributed by atoms with Crippen LogP contribution in [0.5, 0.6) is 0 Å². The van der Waals surface area contributed by atoms with Gasteiger partial charge in [-0.15, -0.1) is 0 Å². The van der Waals surface area contributed by atoms with Gasteiger partial charge in [0.15, 0.2) is 5.16 Å². The van der Waals surface area contributed by atoms with Crippen LogP contribution in [0.2, 0.25) is 0 Å². The van der Waals surface area contributed by atoms with Gasteiger partial charge in [-0.3, -0.25) is 0 Å². The summed E-state index contributed by atoms with van der Waals surface area (Å²) in [5, 5.41) is 0.893. The van der Waals surface area contributed by atoms with Crippen LogP contribution >= 0.6 is 24.4 Å². The minimum Gasteiger partial charge on any atom is -0.228 e. The van der Waals surface area contributed by atoms with Gasteiger partial charge < -0.3 is 0 Å². The highest BCUT2D eigenvalue weighted by atomic mass is 32.2. The van der Waals surface area contributed by atoms with Crippen molar-refractivity contribution in [3.8, 4) is 0 Å². The fourth-order valence-corrected chi connectivity index (χ4v) is 3.40. The predicted molar refractivity (Wildman–Crippen MR) is 74.4 cm³/mol. The minimum absolute atomic E-state index is 0.623. The monoisotopic (exact) mass is 256 g/mol. The molecule has 4 heteroatoms. The van der Waals surface area contributed by atoms with Crippen LogP contribution in [0.1, 0.15) is 25.2 Å². The Morgan fingerprint density at radius 2 is 1.81 bits per heavy atom. The Balaban J connectivity index is 2.60. The molecule has 0 aromatic carbocycles. The van der Waals surface area contributed by atoms with Gasteiger partial charge in [-0.1, -0.05) is 25.6 Å². The zero-order valence-corrected chi connectivity index (χ0v) is 12.1. The zero-order chi connectivity index (χ0) is 12.1. The topological polar surface area (TPSA) is 25.8 Å². The van der Waals surface area contributed by atoms with Gasteiger partial charge in [0.2, 0.25) is 0 Å². The van der Waals surface area contributed by atoms with E-state index >= 15 is 0 Å². The molecule has 0 saturated heterocycles. The Morgan fingerprint density at radius 1 is 1.25 bits per heavy atom. The lowest BCUT2D eigenvalue weighted by Crippen LogP contribution is -2.13. The number of aryl methyl sites for hydroxylation is 2. The van der Waals surface area contributed by atoms with Gasteiger partial charge >= 0.3 is 0 Å². The van der Waals surface area contributed by atoms with Gasteiger partial charge in [-0.25, -0.2) is 9.97 Å². The van der Waals surface area contributed by atoms with Crippen molar-refractivity contribution >= 4 is 24.4 Å². The molecule has 0 fully saturated rings. The summed E-state index contributed by atoms with van der Waals surface area (Å²) in [6.45, 7) is 8.50. The highest BCUT2D eigenvalue weighted by Gasteiger charge is 2.12. The smallest absolute Gasteiger partial charge is 0.187 e. The fraction of sp³-hybridized carbons (Fsp3) is 0.667. The molecule has 2 nitrogen and oxygen atoms in total. The highest BCUT2D eigenvalue weighted by molar-refractivity contribution is 7.99. The van der Waals surface area contributed by atoms with E-state index in [0.717, 1.165) is 28.0 Å². The standard InChI is InChI=1S/C12H20N2S2/c1-8(2)11(6-15)7-16-12-13-9(3)5-10(4)14-12/h5,8,11,15H,6-7H2,1-4H3. The Labute approximate surface area is 108 Å². The number of hydrogen-bond donors (Lipinski definition) is 1. The molecule has 16 heavy (non-hydrogen) atoms. The van der Waals surface area contributed by atoms with E-state index in [1.54, 1.807) is 11.8 Å². The lowest BCUT2D eigenvalue weighted by Gasteiger charge is -2.17. The quantitative estimate of drug-likeness (QED) is 0.497. The number of rotatable bonds is 5. The highest BCUT2D eigenvalue weighted by Crippen LogP contribution is 2.22. The number of hydrogen-bond acceptors (Lipinski definition) is 4. The molecule has 1 unspecified atom stereocenters. The summed E-state index contributed by atoms with van der Waals surface area (Å²) in [5.41, 5.74) is 2.09. The summed E-state index contributed by atoms with van der Waals surface area (Å²) in [6.07, 6.45) is 0. The second-order valence-electron chi connectivity index (χ2n) is 4.43. The Hall–Kier alpha value is -0.220.